The van der Waals surface area contributed by atoms with Gasteiger partial charge in [0.1, 0.15) is 5.75 Å². The third kappa shape index (κ3) is 5.62. The summed E-state index contributed by atoms with van der Waals surface area (Å²) in [6.07, 6.45) is 5.16. The summed E-state index contributed by atoms with van der Waals surface area (Å²) < 4.78 is 6.43. The smallest absolute Gasteiger partial charge is 0.328 e. The quantitative estimate of drug-likeness (QED) is 0.269. The van der Waals surface area contributed by atoms with Crippen molar-refractivity contribution in [2.45, 2.75) is 66.2 Å². The standard InChI is InChI=1S/C29H35NO3/c1-7-8-13-33-29-24(19(4)5)16-22(18(2)3)17-26(29)23-11-12-30-27-10-9-21(15-25(23)27)20(6)14-28(31)32/h9-12,14-19H,7-8,13H2,1-6H3,(H,31,32). The molecule has 0 amide bonds. The SMILES string of the molecule is CCCCOc1c(-c2ccnc3ccc(C(C)=CC(=O)O)cc23)cc(C(C)C)cc1C(C)C. The normalized spacial score (nSPS) is 12.1. The summed E-state index contributed by atoms with van der Waals surface area (Å²) in [7, 11) is 0. The van der Waals surface area contributed by atoms with Crippen molar-refractivity contribution in [2.24, 2.45) is 0 Å². The summed E-state index contributed by atoms with van der Waals surface area (Å²) in [4.78, 5) is 15.8. The van der Waals surface area contributed by atoms with E-state index < -0.39 is 5.97 Å². The lowest BCUT2D eigenvalue weighted by molar-refractivity contribution is -0.131. The number of fused-ring (bicyclic) bond motifs is 1. The molecule has 33 heavy (non-hydrogen) atoms. The maximum absolute atomic E-state index is 11.2. The Morgan fingerprint density at radius 1 is 1.06 bits per heavy atom. The minimum Gasteiger partial charge on any atom is -0.493 e. The number of carbonyl (C=O) groups is 1. The summed E-state index contributed by atoms with van der Waals surface area (Å²) in [5, 5.41) is 10.2. The van der Waals surface area contributed by atoms with Crippen molar-refractivity contribution in [3.63, 3.8) is 0 Å². The number of hydrogen-bond donors (Lipinski definition) is 1. The Kier molecular flexibility index (Phi) is 7.91. The van der Waals surface area contributed by atoms with Gasteiger partial charge >= 0.3 is 5.97 Å². The molecule has 0 aliphatic rings. The first-order chi connectivity index (χ1) is 15.7. The lowest BCUT2D eigenvalue weighted by Gasteiger charge is -2.22. The number of rotatable bonds is 9. The van der Waals surface area contributed by atoms with Crippen LogP contribution in [0.1, 0.15) is 82.9 Å². The van der Waals surface area contributed by atoms with Crippen molar-refractivity contribution in [2.75, 3.05) is 6.61 Å². The molecule has 0 aliphatic carbocycles. The fraction of sp³-hybridized carbons (Fsp3) is 0.379. The van der Waals surface area contributed by atoms with Crippen LogP contribution in [0, 0.1) is 0 Å². The van der Waals surface area contributed by atoms with Crippen molar-refractivity contribution in [3.8, 4) is 16.9 Å². The maximum Gasteiger partial charge on any atom is 0.328 e. The highest BCUT2D eigenvalue weighted by molar-refractivity contribution is 5.99. The van der Waals surface area contributed by atoms with E-state index in [0.29, 0.717) is 24.0 Å². The summed E-state index contributed by atoms with van der Waals surface area (Å²) in [6, 6.07) is 12.5. The minimum atomic E-state index is -0.947. The van der Waals surface area contributed by atoms with Crippen LogP contribution in [-0.2, 0) is 4.79 Å². The number of pyridine rings is 1. The van der Waals surface area contributed by atoms with E-state index in [1.165, 1.54) is 17.2 Å². The highest BCUT2D eigenvalue weighted by Crippen LogP contribution is 2.42. The summed E-state index contributed by atoms with van der Waals surface area (Å²) in [5.74, 6) is 0.703. The molecular formula is C29H35NO3. The molecule has 0 unspecified atom stereocenters. The third-order valence-electron chi connectivity index (χ3n) is 6.00. The molecular weight excluding hydrogens is 410 g/mol. The minimum absolute atomic E-state index is 0.323. The van der Waals surface area contributed by atoms with Crippen LogP contribution in [0.15, 0.2) is 48.7 Å². The van der Waals surface area contributed by atoms with Crippen molar-refractivity contribution in [1.29, 1.82) is 0 Å². The van der Waals surface area contributed by atoms with E-state index >= 15 is 0 Å². The number of hydrogen-bond acceptors (Lipinski definition) is 3. The molecule has 3 aromatic rings. The number of aromatic nitrogens is 1. The largest absolute Gasteiger partial charge is 0.493 e. The Bertz CT molecular complexity index is 1170. The molecule has 4 heteroatoms. The number of nitrogens with zero attached hydrogens (tertiary/aromatic N) is 1. The van der Waals surface area contributed by atoms with Crippen LogP contribution in [0.3, 0.4) is 0 Å². The molecule has 0 bridgehead atoms. The molecule has 0 atom stereocenters. The predicted octanol–water partition coefficient (Wildman–Crippen LogP) is 7.82. The maximum atomic E-state index is 11.2. The van der Waals surface area contributed by atoms with Gasteiger partial charge in [-0.2, -0.15) is 0 Å². The van der Waals surface area contributed by atoms with E-state index in [1.807, 2.05) is 37.4 Å². The van der Waals surface area contributed by atoms with Gasteiger partial charge in [0, 0.05) is 23.2 Å². The van der Waals surface area contributed by atoms with Crippen molar-refractivity contribution in [1.82, 2.24) is 4.98 Å². The first-order valence-electron chi connectivity index (χ1n) is 11.8. The average Bonchev–Trinajstić information content (AvgIpc) is 2.77. The van der Waals surface area contributed by atoms with Gasteiger partial charge in [-0.1, -0.05) is 53.2 Å². The molecule has 2 aromatic carbocycles. The molecule has 0 saturated carbocycles. The highest BCUT2D eigenvalue weighted by atomic mass is 16.5. The van der Waals surface area contributed by atoms with Crippen molar-refractivity contribution >= 4 is 22.4 Å². The zero-order valence-corrected chi connectivity index (χ0v) is 20.6. The number of ether oxygens (including phenoxy) is 1. The molecule has 1 heterocycles. The van der Waals surface area contributed by atoms with E-state index in [4.69, 9.17) is 4.74 Å². The van der Waals surface area contributed by atoms with Gasteiger partial charge in [-0.05, 0) is 77.3 Å². The number of unbranched alkanes of at least 4 members (excludes halogenated alkanes) is 1. The summed E-state index contributed by atoms with van der Waals surface area (Å²) in [5.41, 5.74) is 7.08. The highest BCUT2D eigenvalue weighted by Gasteiger charge is 2.19. The lowest BCUT2D eigenvalue weighted by Crippen LogP contribution is -2.05. The van der Waals surface area contributed by atoms with E-state index in [2.05, 4.69) is 51.7 Å². The number of allylic oxidation sites excluding steroid dienone is 1. The molecule has 0 fully saturated rings. The molecule has 0 spiro atoms. The van der Waals surface area contributed by atoms with Crippen LogP contribution < -0.4 is 4.74 Å². The summed E-state index contributed by atoms with van der Waals surface area (Å²) in [6.45, 7) is 13.5. The Morgan fingerprint density at radius 2 is 1.82 bits per heavy atom. The Labute approximate surface area is 197 Å². The lowest BCUT2D eigenvalue weighted by atomic mass is 9.88. The van der Waals surface area contributed by atoms with Crippen LogP contribution in [0.25, 0.3) is 27.6 Å². The molecule has 0 aliphatic heterocycles. The van der Waals surface area contributed by atoms with Crippen LogP contribution in [0.5, 0.6) is 5.75 Å². The molecule has 1 aromatic heterocycles. The Morgan fingerprint density at radius 3 is 2.45 bits per heavy atom. The number of carboxylic acids is 1. The molecule has 0 saturated heterocycles. The van der Waals surface area contributed by atoms with Gasteiger partial charge in [-0.3, -0.25) is 4.98 Å². The molecule has 0 radical (unpaired) electrons. The van der Waals surface area contributed by atoms with Crippen LogP contribution >= 0.6 is 0 Å². The van der Waals surface area contributed by atoms with Crippen LogP contribution in [-0.4, -0.2) is 22.7 Å². The van der Waals surface area contributed by atoms with Crippen molar-refractivity contribution in [3.05, 3.63) is 65.4 Å². The van der Waals surface area contributed by atoms with E-state index in [1.54, 1.807) is 0 Å². The van der Waals surface area contributed by atoms with Crippen LogP contribution in [0.4, 0.5) is 0 Å². The molecule has 1 N–H and O–H groups in total. The van der Waals surface area contributed by atoms with Gasteiger partial charge in [0.05, 0.1) is 12.1 Å². The van der Waals surface area contributed by atoms with E-state index in [-0.39, 0.29) is 0 Å². The van der Waals surface area contributed by atoms with Gasteiger partial charge in [0.25, 0.3) is 0 Å². The fourth-order valence-electron chi connectivity index (χ4n) is 4.01. The van der Waals surface area contributed by atoms with Crippen molar-refractivity contribution < 1.29 is 14.6 Å². The molecule has 4 nitrogen and oxygen atoms in total. The van der Waals surface area contributed by atoms with Gasteiger partial charge in [0.2, 0.25) is 0 Å². The average molecular weight is 446 g/mol. The van der Waals surface area contributed by atoms with Gasteiger partial charge in [-0.15, -0.1) is 0 Å². The first kappa shape index (κ1) is 24.5. The monoisotopic (exact) mass is 445 g/mol. The summed E-state index contributed by atoms with van der Waals surface area (Å²) >= 11 is 0. The van der Waals surface area contributed by atoms with E-state index in [9.17, 15) is 9.90 Å². The number of aliphatic carboxylic acids is 1. The second-order valence-electron chi connectivity index (χ2n) is 9.25. The third-order valence-corrected chi connectivity index (χ3v) is 6.00. The molecule has 174 valence electrons. The first-order valence-corrected chi connectivity index (χ1v) is 11.8. The molecule has 3 rings (SSSR count). The second kappa shape index (κ2) is 10.7. The van der Waals surface area contributed by atoms with E-state index in [0.717, 1.165) is 46.2 Å². The number of carboxylic acid groups (broad SMARTS) is 1. The zero-order valence-electron chi connectivity index (χ0n) is 20.6. The fourth-order valence-corrected chi connectivity index (χ4v) is 4.01. The Balaban J connectivity index is 2.31. The van der Waals surface area contributed by atoms with Gasteiger partial charge in [0.15, 0.2) is 0 Å². The Hall–Kier alpha value is -3.14. The van der Waals surface area contributed by atoms with Gasteiger partial charge in [-0.25, -0.2) is 4.79 Å². The predicted molar refractivity (Wildman–Crippen MR) is 137 cm³/mol. The zero-order chi connectivity index (χ0) is 24.1. The van der Waals surface area contributed by atoms with Gasteiger partial charge < -0.3 is 9.84 Å². The number of benzene rings is 2. The van der Waals surface area contributed by atoms with Crippen LogP contribution in [0.2, 0.25) is 0 Å². The topological polar surface area (TPSA) is 59.4 Å². The second-order valence-corrected chi connectivity index (χ2v) is 9.25.